The molecule has 0 aliphatic carbocycles. The van der Waals surface area contributed by atoms with Crippen LogP contribution in [-0.2, 0) is 6.54 Å². The molecule has 0 saturated carbocycles. The SMILES string of the molecule is CCN1CCN(Cc2c(O)ccc3c2O/C(=C\c2ccccn2)C3=O)CC1. The molecule has 6 nitrogen and oxygen atoms in total. The van der Waals surface area contributed by atoms with Gasteiger partial charge in [-0.2, -0.15) is 0 Å². The quantitative estimate of drug-likeness (QED) is 0.840. The molecule has 0 spiro atoms. The molecule has 1 N–H and O–H groups in total. The first kappa shape index (κ1) is 17.7. The van der Waals surface area contributed by atoms with E-state index in [1.807, 2.05) is 18.2 Å². The monoisotopic (exact) mass is 365 g/mol. The number of aromatic hydroxyl groups is 1. The number of carbonyl (C=O) groups is 1. The molecule has 1 fully saturated rings. The number of rotatable bonds is 4. The number of hydrogen-bond donors (Lipinski definition) is 1. The second kappa shape index (κ2) is 7.50. The summed E-state index contributed by atoms with van der Waals surface area (Å²) >= 11 is 0. The van der Waals surface area contributed by atoms with E-state index < -0.39 is 0 Å². The molecule has 1 aromatic heterocycles. The zero-order valence-corrected chi connectivity index (χ0v) is 15.4. The highest BCUT2D eigenvalue weighted by Gasteiger charge is 2.32. The van der Waals surface area contributed by atoms with Gasteiger partial charge in [0.2, 0.25) is 5.78 Å². The lowest BCUT2D eigenvalue weighted by Crippen LogP contribution is -2.45. The summed E-state index contributed by atoms with van der Waals surface area (Å²) in [6.45, 7) is 7.67. The number of hydrogen-bond acceptors (Lipinski definition) is 6. The molecule has 0 radical (unpaired) electrons. The largest absolute Gasteiger partial charge is 0.507 e. The highest BCUT2D eigenvalue weighted by molar-refractivity contribution is 6.14. The summed E-state index contributed by atoms with van der Waals surface area (Å²) in [6.07, 6.45) is 3.31. The van der Waals surface area contributed by atoms with Gasteiger partial charge in [0.05, 0.1) is 16.8 Å². The fourth-order valence-electron chi connectivity index (χ4n) is 3.53. The smallest absolute Gasteiger partial charge is 0.232 e. The van der Waals surface area contributed by atoms with Crippen LogP contribution in [0.1, 0.15) is 28.5 Å². The Labute approximate surface area is 158 Å². The Hall–Kier alpha value is -2.70. The standard InChI is InChI=1S/C21H23N3O3/c1-2-23-9-11-24(12-10-23)14-17-18(25)7-6-16-20(26)19(27-21(16)17)13-15-5-3-4-8-22-15/h3-8,13,25H,2,9-12,14H2,1H3/b19-13-. The Kier molecular flexibility index (Phi) is 4.92. The Morgan fingerprint density at radius 1 is 1.15 bits per heavy atom. The highest BCUT2D eigenvalue weighted by atomic mass is 16.5. The molecule has 0 unspecified atom stereocenters. The molecule has 1 aromatic carbocycles. The van der Waals surface area contributed by atoms with Crippen LogP contribution in [0.15, 0.2) is 42.3 Å². The van der Waals surface area contributed by atoms with E-state index in [1.54, 1.807) is 24.4 Å². The molecule has 0 atom stereocenters. The molecular weight excluding hydrogens is 342 g/mol. The molecule has 2 aromatic rings. The van der Waals surface area contributed by atoms with Crippen molar-refractivity contribution < 1.29 is 14.6 Å². The van der Waals surface area contributed by atoms with Crippen molar-refractivity contribution in [1.29, 1.82) is 0 Å². The van der Waals surface area contributed by atoms with Gasteiger partial charge in [0.25, 0.3) is 0 Å². The van der Waals surface area contributed by atoms with Crippen LogP contribution in [0.25, 0.3) is 6.08 Å². The minimum absolute atomic E-state index is 0.165. The predicted molar refractivity (Wildman–Crippen MR) is 103 cm³/mol. The van der Waals surface area contributed by atoms with Crippen LogP contribution in [0.5, 0.6) is 11.5 Å². The van der Waals surface area contributed by atoms with Crippen molar-refractivity contribution in [2.45, 2.75) is 13.5 Å². The second-order valence-electron chi connectivity index (χ2n) is 6.84. The summed E-state index contributed by atoms with van der Waals surface area (Å²) < 4.78 is 5.89. The molecule has 6 heteroatoms. The zero-order valence-electron chi connectivity index (χ0n) is 15.4. The number of ketones is 1. The number of allylic oxidation sites excluding steroid dienone is 1. The summed E-state index contributed by atoms with van der Waals surface area (Å²) in [6, 6.07) is 8.71. The third-order valence-corrected chi connectivity index (χ3v) is 5.18. The van der Waals surface area contributed by atoms with Crippen LogP contribution in [0, 0.1) is 0 Å². The topological polar surface area (TPSA) is 65.9 Å². The van der Waals surface area contributed by atoms with Crippen LogP contribution in [0.4, 0.5) is 0 Å². The molecule has 0 amide bonds. The van der Waals surface area contributed by atoms with Crippen LogP contribution >= 0.6 is 0 Å². The molecule has 27 heavy (non-hydrogen) atoms. The molecule has 0 bridgehead atoms. The average molecular weight is 365 g/mol. The Balaban J connectivity index is 1.59. The fourth-order valence-corrected chi connectivity index (χ4v) is 3.53. The van der Waals surface area contributed by atoms with E-state index in [-0.39, 0.29) is 17.3 Å². The lowest BCUT2D eigenvalue weighted by molar-refractivity contribution is 0.101. The number of Topliss-reactive ketones (excluding diaryl/α,β-unsaturated/α-hetero) is 1. The van der Waals surface area contributed by atoms with E-state index in [9.17, 15) is 9.90 Å². The maximum atomic E-state index is 12.7. The number of fused-ring (bicyclic) bond motifs is 1. The van der Waals surface area contributed by atoms with Gasteiger partial charge in [-0.25, -0.2) is 0 Å². The maximum Gasteiger partial charge on any atom is 0.232 e. The predicted octanol–water partition coefficient (Wildman–Crippen LogP) is 2.54. The highest BCUT2D eigenvalue weighted by Crippen LogP contribution is 2.40. The third kappa shape index (κ3) is 3.59. The normalized spacial score (nSPS) is 19.3. The summed E-state index contributed by atoms with van der Waals surface area (Å²) in [4.78, 5) is 21.6. The Morgan fingerprint density at radius 2 is 1.93 bits per heavy atom. The van der Waals surface area contributed by atoms with Crippen LogP contribution in [0.3, 0.4) is 0 Å². The van der Waals surface area contributed by atoms with Crippen LogP contribution in [-0.4, -0.2) is 58.4 Å². The first-order valence-corrected chi connectivity index (χ1v) is 9.30. The van der Waals surface area contributed by atoms with E-state index in [4.69, 9.17) is 4.74 Å². The summed E-state index contributed by atoms with van der Waals surface area (Å²) in [7, 11) is 0. The number of nitrogens with zero attached hydrogens (tertiary/aromatic N) is 3. The lowest BCUT2D eigenvalue weighted by Gasteiger charge is -2.34. The Bertz CT molecular complexity index is 872. The number of piperazine rings is 1. The van der Waals surface area contributed by atoms with Gasteiger partial charge >= 0.3 is 0 Å². The van der Waals surface area contributed by atoms with Gasteiger partial charge in [-0.3, -0.25) is 14.7 Å². The van der Waals surface area contributed by atoms with E-state index in [0.717, 1.165) is 32.7 Å². The Morgan fingerprint density at radius 3 is 2.63 bits per heavy atom. The molecule has 1 saturated heterocycles. The van der Waals surface area contributed by atoms with E-state index in [2.05, 4.69) is 21.7 Å². The number of pyridine rings is 1. The van der Waals surface area contributed by atoms with Gasteiger partial charge in [-0.15, -0.1) is 0 Å². The first-order chi connectivity index (χ1) is 13.2. The minimum atomic E-state index is -0.173. The number of phenolic OH excluding ortho intramolecular Hbond substituents is 1. The number of likely N-dealkylation sites (N-methyl/N-ethyl adjacent to an activating group) is 1. The number of benzene rings is 1. The van der Waals surface area contributed by atoms with Gasteiger partial charge in [0.1, 0.15) is 11.5 Å². The average Bonchev–Trinajstić information content (AvgIpc) is 3.01. The van der Waals surface area contributed by atoms with E-state index in [1.165, 1.54) is 0 Å². The van der Waals surface area contributed by atoms with Gasteiger partial charge in [-0.05, 0) is 30.8 Å². The molecule has 2 aliphatic heterocycles. The number of aromatic nitrogens is 1. The summed E-state index contributed by atoms with van der Waals surface area (Å²) in [5, 5.41) is 10.4. The van der Waals surface area contributed by atoms with Crippen LogP contribution < -0.4 is 4.74 Å². The van der Waals surface area contributed by atoms with Crippen molar-refractivity contribution in [1.82, 2.24) is 14.8 Å². The lowest BCUT2D eigenvalue weighted by atomic mass is 10.0. The van der Waals surface area contributed by atoms with Crippen molar-refractivity contribution in [2.75, 3.05) is 32.7 Å². The maximum absolute atomic E-state index is 12.7. The zero-order chi connectivity index (χ0) is 18.8. The van der Waals surface area contributed by atoms with Gasteiger partial charge in [0.15, 0.2) is 5.76 Å². The molecule has 140 valence electrons. The van der Waals surface area contributed by atoms with Crippen molar-refractivity contribution in [3.8, 4) is 11.5 Å². The third-order valence-electron chi connectivity index (χ3n) is 5.18. The fraction of sp³-hybridized carbons (Fsp3) is 0.333. The summed E-state index contributed by atoms with van der Waals surface area (Å²) in [5.74, 6) is 0.706. The second-order valence-corrected chi connectivity index (χ2v) is 6.84. The molecule has 3 heterocycles. The van der Waals surface area contributed by atoms with Gasteiger partial charge < -0.3 is 14.7 Å². The van der Waals surface area contributed by atoms with Crippen molar-refractivity contribution in [3.05, 3.63) is 59.1 Å². The summed E-state index contributed by atoms with van der Waals surface area (Å²) in [5.41, 5.74) is 1.84. The van der Waals surface area contributed by atoms with E-state index >= 15 is 0 Å². The molecule has 2 aliphatic rings. The number of phenols is 1. The van der Waals surface area contributed by atoms with E-state index in [0.29, 0.717) is 29.1 Å². The van der Waals surface area contributed by atoms with Gasteiger partial charge in [0, 0.05) is 45.0 Å². The molecule has 4 rings (SSSR count). The van der Waals surface area contributed by atoms with Crippen LogP contribution in [0.2, 0.25) is 0 Å². The van der Waals surface area contributed by atoms with Crippen molar-refractivity contribution in [3.63, 3.8) is 0 Å². The number of ether oxygens (including phenoxy) is 1. The van der Waals surface area contributed by atoms with Crippen molar-refractivity contribution in [2.24, 2.45) is 0 Å². The van der Waals surface area contributed by atoms with Gasteiger partial charge in [-0.1, -0.05) is 13.0 Å². The van der Waals surface area contributed by atoms with Crippen molar-refractivity contribution >= 4 is 11.9 Å². The minimum Gasteiger partial charge on any atom is -0.507 e. The first-order valence-electron chi connectivity index (χ1n) is 9.30. The number of carbonyl (C=O) groups excluding carboxylic acids is 1. The molecular formula is C21H23N3O3.